The van der Waals surface area contributed by atoms with Crippen molar-refractivity contribution in [1.29, 1.82) is 0 Å². The molecule has 0 bridgehead atoms. The molecular weight excluding hydrogens is 248 g/mol. The first-order chi connectivity index (χ1) is 9.76. The summed E-state index contributed by atoms with van der Waals surface area (Å²) in [5, 5.41) is 3.40. The fourth-order valence-corrected chi connectivity index (χ4v) is 2.10. The molecular formula is C16H22N4. The lowest BCUT2D eigenvalue weighted by molar-refractivity contribution is 0.830. The molecule has 0 aromatic carbocycles. The topological polar surface area (TPSA) is 50.7 Å². The van der Waals surface area contributed by atoms with Gasteiger partial charge in [-0.05, 0) is 31.9 Å². The van der Waals surface area contributed by atoms with Crippen molar-refractivity contribution >= 4 is 5.82 Å². The van der Waals surface area contributed by atoms with E-state index in [-0.39, 0.29) is 0 Å². The second-order valence-electron chi connectivity index (χ2n) is 4.88. The Kier molecular flexibility index (Phi) is 5.04. The van der Waals surface area contributed by atoms with Gasteiger partial charge in [-0.1, -0.05) is 13.8 Å². The summed E-state index contributed by atoms with van der Waals surface area (Å²) in [6.07, 6.45) is 6.66. The zero-order valence-electron chi connectivity index (χ0n) is 12.5. The van der Waals surface area contributed by atoms with Crippen molar-refractivity contribution in [1.82, 2.24) is 15.0 Å². The van der Waals surface area contributed by atoms with Crippen LogP contribution in [0.4, 0.5) is 5.82 Å². The number of aromatic nitrogens is 3. The lowest BCUT2D eigenvalue weighted by Gasteiger charge is -2.13. The maximum absolute atomic E-state index is 4.71. The molecule has 4 heteroatoms. The number of aryl methyl sites for hydroxylation is 1. The Balaban J connectivity index is 2.46. The van der Waals surface area contributed by atoms with Crippen molar-refractivity contribution < 1.29 is 0 Å². The number of nitrogens with zero attached hydrogens (tertiary/aromatic N) is 3. The van der Waals surface area contributed by atoms with E-state index in [0.717, 1.165) is 54.3 Å². The van der Waals surface area contributed by atoms with Gasteiger partial charge in [0.15, 0.2) is 0 Å². The molecule has 2 aromatic rings. The first-order valence-corrected chi connectivity index (χ1v) is 7.28. The smallest absolute Gasteiger partial charge is 0.133 e. The summed E-state index contributed by atoms with van der Waals surface area (Å²) in [5.74, 6) is 1.85. The molecule has 0 spiro atoms. The van der Waals surface area contributed by atoms with Crippen molar-refractivity contribution in [3.05, 3.63) is 35.9 Å². The van der Waals surface area contributed by atoms with Crippen LogP contribution in [0.5, 0.6) is 0 Å². The van der Waals surface area contributed by atoms with Gasteiger partial charge in [-0.15, -0.1) is 0 Å². The molecule has 0 aliphatic heterocycles. The number of pyridine rings is 1. The molecule has 2 rings (SSSR count). The van der Waals surface area contributed by atoms with Crippen LogP contribution >= 0.6 is 0 Å². The molecule has 20 heavy (non-hydrogen) atoms. The quantitative estimate of drug-likeness (QED) is 0.871. The monoisotopic (exact) mass is 270 g/mol. The van der Waals surface area contributed by atoms with Crippen LogP contribution in [0.2, 0.25) is 0 Å². The molecule has 106 valence electrons. The maximum atomic E-state index is 4.71. The average molecular weight is 270 g/mol. The molecule has 0 fully saturated rings. The lowest BCUT2D eigenvalue weighted by atomic mass is 10.1. The van der Waals surface area contributed by atoms with E-state index in [1.54, 1.807) is 6.20 Å². The minimum Gasteiger partial charge on any atom is -0.370 e. The van der Waals surface area contributed by atoms with Gasteiger partial charge in [-0.25, -0.2) is 9.97 Å². The number of hydrogen-bond acceptors (Lipinski definition) is 4. The third-order valence-corrected chi connectivity index (χ3v) is 3.14. The molecule has 0 aliphatic rings. The van der Waals surface area contributed by atoms with Gasteiger partial charge in [0, 0.05) is 36.5 Å². The molecule has 0 saturated carbocycles. The summed E-state index contributed by atoms with van der Waals surface area (Å²) < 4.78 is 0. The van der Waals surface area contributed by atoms with E-state index < -0.39 is 0 Å². The van der Waals surface area contributed by atoms with Crippen LogP contribution in [0.1, 0.15) is 38.1 Å². The summed E-state index contributed by atoms with van der Waals surface area (Å²) >= 11 is 0. The standard InChI is InChI=1S/C16H22N4/c1-4-7-14-19-15(13-8-6-10-17-11-13)12(3)16(20-14)18-9-5-2/h6,8,10-11H,4-5,7,9H2,1-3H3,(H,18,19,20). The molecule has 0 amide bonds. The summed E-state index contributed by atoms with van der Waals surface area (Å²) in [6, 6.07) is 3.98. The second-order valence-corrected chi connectivity index (χ2v) is 4.88. The van der Waals surface area contributed by atoms with Crippen LogP contribution in [0.3, 0.4) is 0 Å². The third kappa shape index (κ3) is 3.32. The first kappa shape index (κ1) is 14.4. The Morgan fingerprint density at radius 1 is 1.15 bits per heavy atom. The summed E-state index contributed by atoms with van der Waals surface area (Å²) in [7, 11) is 0. The van der Waals surface area contributed by atoms with Gasteiger partial charge in [0.05, 0.1) is 5.69 Å². The number of rotatable bonds is 6. The molecule has 0 unspecified atom stereocenters. The van der Waals surface area contributed by atoms with Gasteiger partial charge in [0.25, 0.3) is 0 Å². The molecule has 2 heterocycles. The van der Waals surface area contributed by atoms with Crippen LogP contribution < -0.4 is 5.32 Å². The SMILES string of the molecule is CCCNc1nc(CCC)nc(-c2cccnc2)c1C. The van der Waals surface area contributed by atoms with Crippen molar-refractivity contribution in [2.24, 2.45) is 0 Å². The van der Waals surface area contributed by atoms with E-state index in [9.17, 15) is 0 Å². The van der Waals surface area contributed by atoms with Crippen LogP contribution in [0, 0.1) is 6.92 Å². The highest BCUT2D eigenvalue weighted by Crippen LogP contribution is 2.25. The Hall–Kier alpha value is -1.97. The Bertz CT molecular complexity index is 552. The Morgan fingerprint density at radius 2 is 2.00 bits per heavy atom. The summed E-state index contributed by atoms with van der Waals surface area (Å²) in [6.45, 7) is 7.29. The van der Waals surface area contributed by atoms with E-state index >= 15 is 0 Å². The average Bonchev–Trinajstić information content (AvgIpc) is 2.48. The minimum absolute atomic E-state index is 0.897. The number of hydrogen-bond donors (Lipinski definition) is 1. The Labute approximate surface area is 120 Å². The van der Waals surface area contributed by atoms with Gasteiger partial charge in [0.2, 0.25) is 0 Å². The third-order valence-electron chi connectivity index (χ3n) is 3.14. The van der Waals surface area contributed by atoms with Crippen LogP contribution in [-0.2, 0) is 6.42 Å². The van der Waals surface area contributed by atoms with Crippen molar-refractivity contribution in [3.63, 3.8) is 0 Å². The predicted molar refractivity (Wildman–Crippen MR) is 82.8 cm³/mol. The normalized spacial score (nSPS) is 10.6. The zero-order chi connectivity index (χ0) is 14.4. The highest BCUT2D eigenvalue weighted by Gasteiger charge is 2.12. The second kappa shape index (κ2) is 6.98. The number of nitrogens with one attached hydrogen (secondary N) is 1. The fraction of sp³-hybridized carbons (Fsp3) is 0.438. The predicted octanol–water partition coefficient (Wildman–Crippen LogP) is 3.62. The minimum atomic E-state index is 0.897. The van der Waals surface area contributed by atoms with E-state index in [0.29, 0.717) is 0 Å². The molecule has 0 saturated heterocycles. The van der Waals surface area contributed by atoms with E-state index in [4.69, 9.17) is 4.98 Å². The lowest BCUT2D eigenvalue weighted by Crippen LogP contribution is -2.09. The van der Waals surface area contributed by atoms with E-state index in [1.165, 1.54) is 0 Å². The van der Waals surface area contributed by atoms with Gasteiger partial charge in [-0.3, -0.25) is 4.98 Å². The summed E-state index contributed by atoms with van der Waals surface area (Å²) in [5.41, 5.74) is 3.12. The molecule has 0 radical (unpaired) electrons. The fourth-order valence-electron chi connectivity index (χ4n) is 2.10. The van der Waals surface area contributed by atoms with Crippen LogP contribution in [0.15, 0.2) is 24.5 Å². The highest BCUT2D eigenvalue weighted by atomic mass is 15.0. The van der Waals surface area contributed by atoms with Gasteiger partial charge >= 0.3 is 0 Å². The molecule has 0 aliphatic carbocycles. The molecule has 0 atom stereocenters. The molecule has 1 N–H and O–H groups in total. The largest absolute Gasteiger partial charge is 0.370 e. The highest BCUT2D eigenvalue weighted by molar-refractivity contribution is 5.67. The van der Waals surface area contributed by atoms with Gasteiger partial charge in [0.1, 0.15) is 11.6 Å². The van der Waals surface area contributed by atoms with E-state index in [1.807, 2.05) is 18.3 Å². The summed E-state index contributed by atoms with van der Waals surface area (Å²) in [4.78, 5) is 13.5. The van der Waals surface area contributed by atoms with Crippen LogP contribution in [-0.4, -0.2) is 21.5 Å². The number of anilines is 1. The maximum Gasteiger partial charge on any atom is 0.133 e. The van der Waals surface area contributed by atoms with Crippen LogP contribution in [0.25, 0.3) is 11.3 Å². The molecule has 2 aromatic heterocycles. The van der Waals surface area contributed by atoms with E-state index in [2.05, 4.69) is 36.1 Å². The van der Waals surface area contributed by atoms with Gasteiger partial charge < -0.3 is 5.32 Å². The molecule has 4 nitrogen and oxygen atoms in total. The van der Waals surface area contributed by atoms with Crippen molar-refractivity contribution in [3.8, 4) is 11.3 Å². The zero-order valence-corrected chi connectivity index (χ0v) is 12.5. The first-order valence-electron chi connectivity index (χ1n) is 7.28. The van der Waals surface area contributed by atoms with Crippen molar-refractivity contribution in [2.45, 2.75) is 40.0 Å². The van der Waals surface area contributed by atoms with Crippen molar-refractivity contribution in [2.75, 3.05) is 11.9 Å². The van der Waals surface area contributed by atoms with Gasteiger partial charge in [-0.2, -0.15) is 0 Å². The Morgan fingerprint density at radius 3 is 2.65 bits per heavy atom.